The molecular weight excluding hydrogens is 256 g/mol. The molecule has 98 valence electrons. The Kier molecular flexibility index (Phi) is 3.28. The van der Waals surface area contributed by atoms with E-state index in [-0.39, 0.29) is 22.8 Å². The molecule has 0 unspecified atom stereocenters. The van der Waals surface area contributed by atoms with Gasteiger partial charge in [0.05, 0.1) is 17.6 Å². The lowest BCUT2D eigenvalue weighted by Gasteiger charge is -2.10. The Morgan fingerprint density at radius 3 is 2.79 bits per heavy atom. The number of nitrogens with two attached hydrogens (primary N) is 1. The van der Waals surface area contributed by atoms with Gasteiger partial charge in [-0.05, 0) is 18.2 Å². The molecule has 0 fully saturated rings. The highest BCUT2D eigenvalue weighted by Gasteiger charge is 2.15. The summed E-state index contributed by atoms with van der Waals surface area (Å²) < 4.78 is 26.5. The number of rotatable bonds is 3. The fraction of sp³-hybridized carbons (Fsp3) is 0. The van der Waals surface area contributed by atoms with Crippen molar-refractivity contribution >= 4 is 23.2 Å². The van der Waals surface area contributed by atoms with E-state index in [1.165, 1.54) is 24.4 Å². The molecule has 0 bridgehead atoms. The molecule has 2 aromatic rings. The molecule has 2 rings (SSSR count). The van der Waals surface area contributed by atoms with E-state index in [1.807, 2.05) is 0 Å². The van der Waals surface area contributed by atoms with Gasteiger partial charge >= 0.3 is 5.97 Å². The Labute approximate surface area is 106 Å². The van der Waals surface area contributed by atoms with Crippen molar-refractivity contribution in [3.05, 3.63) is 47.7 Å². The van der Waals surface area contributed by atoms with Gasteiger partial charge in [0.15, 0.2) is 11.6 Å². The summed E-state index contributed by atoms with van der Waals surface area (Å²) in [7, 11) is 0. The topological polar surface area (TPSA) is 88.2 Å². The molecule has 0 saturated heterocycles. The van der Waals surface area contributed by atoms with E-state index < -0.39 is 17.6 Å². The Bertz CT molecular complexity index is 647. The van der Waals surface area contributed by atoms with Crippen LogP contribution in [-0.4, -0.2) is 16.1 Å². The van der Waals surface area contributed by atoms with Gasteiger partial charge in [-0.3, -0.25) is 0 Å². The Balaban J connectivity index is 2.44. The van der Waals surface area contributed by atoms with Crippen molar-refractivity contribution in [1.29, 1.82) is 0 Å². The molecule has 0 spiro atoms. The summed E-state index contributed by atoms with van der Waals surface area (Å²) in [6, 6.07) is 4.68. The van der Waals surface area contributed by atoms with Crippen LogP contribution in [0.25, 0.3) is 0 Å². The number of carbonyl (C=O) groups is 1. The van der Waals surface area contributed by atoms with E-state index in [0.29, 0.717) is 0 Å². The second-order valence-corrected chi connectivity index (χ2v) is 3.70. The zero-order chi connectivity index (χ0) is 14.0. The lowest BCUT2D eigenvalue weighted by molar-refractivity contribution is 0.0697. The van der Waals surface area contributed by atoms with Crippen LogP contribution in [0.5, 0.6) is 0 Å². The standard InChI is InChI=1S/C12H9F2N3O2/c13-8-2-1-3-9(10(8)14)17-11-7(12(18)19)4-6(15)5-16-11/h1-5H,15H2,(H,16,17)(H,18,19). The summed E-state index contributed by atoms with van der Waals surface area (Å²) in [6.45, 7) is 0. The van der Waals surface area contributed by atoms with Gasteiger partial charge in [0, 0.05) is 0 Å². The normalized spacial score (nSPS) is 10.2. The highest BCUT2D eigenvalue weighted by molar-refractivity contribution is 5.94. The molecule has 0 atom stereocenters. The van der Waals surface area contributed by atoms with Gasteiger partial charge < -0.3 is 16.2 Å². The first-order valence-electron chi connectivity index (χ1n) is 5.19. The summed E-state index contributed by atoms with van der Waals surface area (Å²) >= 11 is 0. The smallest absolute Gasteiger partial charge is 0.339 e. The highest BCUT2D eigenvalue weighted by Crippen LogP contribution is 2.23. The Morgan fingerprint density at radius 1 is 1.37 bits per heavy atom. The number of aromatic carboxylic acids is 1. The molecule has 0 saturated carbocycles. The maximum atomic E-state index is 13.5. The fourth-order valence-corrected chi connectivity index (χ4v) is 1.47. The number of anilines is 3. The van der Waals surface area contributed by atoms with Gasteiger partial charge in [-0.15, -0.1) is 0 Å². The minimum absolute atomic E-state index is 0.119. The molecule has 19 heavy (non-hydrogen) atoms. The van der Waals surface area contributed by atoms with Crippen molar-refractivity contribution in [2.24, 2.45) is 0 Å². The van der Waals surface area contributed by atoms with Crippen LogP contribution in [0.2, 0.25) is 0 Å². The molecule has 0 radical (unpaired) electrons. The molecule has 0 aliphatic carbocycles. The van der Waals surface area contributed by atoms with E-state index in [9.17, 15) is 13.6 Å². The number of pyridine rings is 1. The number of hydrogen-bond donors (Lipinski definition) is 3. The van der Waals surface area contributed by atoms with E-state index in [1.54, 1.807) is 0 Å². The molecule has 1 aromatic carbocycles. The third kappa shape index (κ3) is 2.59. The van der Waals surface area contributed by atoms with Crippen LogP contribution in [0.4, 0.5) is 26.0 Å². The summed E-state index contributed by atoms with van der Waals surface area (Å²) in [4.78, 5) is 14.8. The average molecular weight is 265 g/mol. The minimum Gasteiger partial charge on any atom is -0.478 e. The minimum atomic E-state index is -1.28. The van der Waals surface area contributed by atoms with Gasteiger partial charge in [0.1, 0.15) is 11.4 Å². The van der Waals surface area contributed by atoms with Crippen LogP contribution in [0.3, 0.4) is 0 Å². The van der Waals surface area contributed by atoms with E-state index >= 15 is 0 Å². The fourth-order valence-electron chi connectivity index (χ4n) is 1.47. The van der Waals surface area contributed by atoms with Gasteiger partial charge in [0.2, 0.25) is 0 Å². The maximum absolute atomic E-state index is 13.5. The monoisotopic (exact) mass is 265 g/mol. The molecule has 0 amide bonds. The lowest BCUT2D eigenvalue weighted by atomic mass is 10.2. The second-order valence-electron chi connectivity index (χ2n) is 3.70. The summed E-state index contributed by atoms with van der Waals surface area (Å²) in [5, 5.41) is 11.4. The van der Waals surface area contributed by atoms with Crippen molar-refractivity contribution in [3.8, 4) is 0 Å². The van der Waals surface area contributed by atoms with Crippen LogP contribution in [0.15, 0.2) is 30.5 Å². The summed E-state index contributed by atoms with van der Waals surface area (Å²) in [5.41, 5.74) is 5.14. The molecule has 0 aliphatic rings. The van der Waals surface area contributed by atoms with Crippen molar-refractivity contribution in [3.63, 3.8) is 0 Å². The largest absolute Gasteiger partial charge is 0.478 e. The number of carboxylic acid groups (broad SMARTS) is 1. The molecule has 4 N–H and O–H groups in total. The van der Waals surface area contributed by atoms with Crippen LogP contribution in [0, 0.1) is 11.6 Å². The molecule has 0 aliphatic heterocycles. The number of nitrogens with one attached hydrogen (secondary N) is 1. The predicted molar refractivity (Wildman–Crippen MR) is 65.2 cm³/mol. The van der Waals surface area contributed by atoms with Crippen molar-refractivity contribution in [2.45, 2.75) is 0 Å². The lowest BCUT2D eigenvalue weighted by Crippen LogP contribution is -2.07. The molecule has 1 heterocycles. The molecular formula is C12H9F2N3O2. The van der Waals surface area contributed by atoms with Gasteiger partial charge in [0.25, 0.3) is 0 Å². The van der Waals surface area contributed by atoms with Crippen molar-refractivity contribution in [1.82, 2.24) is 4.98 Å². The number of halogens is 2. The number of nitrogen functional groups attached to an aromatic ring is 1. The van der Waals surface area contributed by atoms with Gasteiger partial charge in [-0.25, -0.2) is 18.6 Å². The van der Waals surface area contributed by atoms with Gasteiger partial charge in [-0.1, -0.05) is 6.07 Å². The van der Waals surface area contributed by atoms with Crippen molar-refractivity contribution in [2.75, 3.05) is 11.1 Å². The molecule has 1 aromatic heterocycles. The van der Waals surface area contributed by atoms with E-state index in [0.717, 1.165) is 6.07 Å². The Morgan fingerprint density at radius 2 is 2.11 bits per heavy atom. The SMILES string of the molecule is Nc1cnc(Nc2cccc(F)c2F)c(C(=O)O)c1. The summed E-state index contributed by atoms with van der Waals surface area (Å²) in [6.07, 6.45) is 1.21. The first-order valence-corrected chi connectivity index (χ1v) is 5.19. The third-order valence-corrected chi connectivity index (χ3v) is 2.34. The third-order valence-electron chi connectivity index (χ3n) is 2.34. The highest BCUT2D eigenvalue weighted by atomic mass is 19.2. The Hall–Kier alpha value is -2.70. The first-order chi connectivity index (χ1) is 8.99. The van der Waals surface area contributed by atoms with Crippen LogP contribution in [-0.2, 0) is 0 Å². The molecule has 7 heteroatoms. The number of nitrogens with zero attached hydrogens (tertiary/aromatic N) is 1. The predicted octanol–water partition coefficient (Wildman–Crippen LogP) is 2.38. The zero-order valence-electron chi connectivity index (χ0n) is 9.52. The first kappa shape index (κ1) is 12.7. The quantitative estimate of drug-likeness (QED) is 0.793. The van der Waals surface area contributed by atoms with Crippen LogP contribution >= 0.6 is 0 Å². The zero-order valence-corrected chi connectivity index (χ0v) is 9.52. The average Bonchev–Trinajstić information content (AvgIpc) is 2.36. The number of benzene rings is 1. The number of carboxylic acids is 1. The molecule has 5 nitrogen and oxygen atoms in total. The van der Waals surface area contributed by atoms with Crippen LogP contribution in [0.1, 0.15) is 10.4 Å². The van der Waals surface area contributed by atoms with Gasteiger partial charge in [-0.2, -0.15) is 0 Å². The van der Waals surface area contributed by atoms with Crippen molar-refractivity contribution < 1.29 is 18.7 Å². The second kappa shape index (κ2) is 4.89. The maximum Gasteiger partial charge on any atom is 0.339 e. The summed E-state index contributed by atoms with van der Waals surface area (Å²) in [5.74, 6) is -3.56. The number of hydrogen-bond acceptors (Lipinski definition) is 4. The van der Waals surface area contributed by atoms with E-state index in [2.05, 4.69) is 10.3 Å². The van der Waals surface area contributed by atoms with Crippen LogP contribution < -0.4 is 11.1 Å². The number of aromatic nitrogens is 1. The van der Waals surface area contributed by atoms with E-state index in [4.69, 9.17) is 10.8 Å².